The van der Waals surface area contributed by atoms with E-state index in [-0.39, 0.29) is 0 Å². The fraction of sp³-hybridized carbons (Fsp3) is 0.0667. The Morgan fingerprint density at radius 2 is 1.86 bits per heavy atom. The zero-order valence-corrected chi connectivity index (χ0v) is 12.4. The molecule has 6 heteroatoms. The van der Waals surface area contributed by atoms with Crippen LogP contribution in [-0.2, 0) is 6.61 Å². The Balaban J connectivity index is 1.68. The number of aromatic amines is 1. The first-order chi connectivity index (χ1) is 10.2. The van der Waals surface area contributed by atoms with E-state index in [1.54, 1.807) is 18.5 Å². The Morgan fingerprint density at radius 3 is 2.48 bits per heavy atom. The smallest absolute Gasteiger partial charge is 0.138 e. The molecule has 21 heavy (non-hydrogen) atoms. The summed E-state index contributed by atoms with van der Waals surface area (Å²) >= 11 is 11.9. The highest BCUT2D eigenvalue weighted by Crippen LogP contribution is 2.21. The normalized spacial score (nSPS) is 10.6. The van der Waals surface area contributed by atoms with E-state index in [0.717, 1.165) is 17.0 Å². The SMILES string of the molecule is Clc1cc(Cl)cc(COc2ccc(-c3ccn[nH]3)nc2)c1. The second-order valence-corrected chi connectivity index (χ2v) is 5.29. The third-order valence-electron chi connectivity index (χ3n) is 2.84. The molecule has 0 amide bonds. The van der Waals surface area contributed by atoms with Gasteiger partial charge in [0.15, 0.2) is 0 Å². The summed E-state index contributed by atoms with van der Waals surface area (Å²) in [4.78, 5) is 4.32. The van der Waals surface area contributed by atoms with E-state index in [9.17, 15) is 0 Å². The molecule has 0 saturated heterocycles. The Morgan fingerprint density at radius 1 is 1.05 bits per heavy atom. The van der Waals surface area contributed by atoms with E-state index in [2.05, 4.69) is 15.2 Å². The predicted octanol–water partition coefficient (Wildman–Crippen LogP) is 4.36. The van der Waals surface area contributed by atoms with Crippen molar-refractivity contribution in [3.8, 4) is 17.1 Å². The van der Waals surface area contributed by atoms with Gasteiger partial charge in [0.2, 0.25) is 0 Å². The molecule has 1 N–H and O–H groups in total. The van der Waals surface area contributed by atoms with Gasteiger partial charge in [-0.1, -0.05) is 23.2 Å². The number of halogens is 2. The molecule has 0 aliphatic rings. The van der Waals surface area contributed by atoms with Gasteiger partial charge in [0.25, 0.3) is 0 Å². The van der Waals surface area contributed by atoms with Crippen molar-refractivity contribution in [1.29, 1.82) is 0 Å². The van der Waals surface area contributed by atoms with Gasteiger partial charge in [0, 0.05) is 16.2 Å². The van der Waals surface area contributed by atoms with Gasteiger partial charge < -0.3 is 4.74 Å². The summed E-state index contributed by atoms with van der Waals surface area (Å²) in [7, 11) is 0. The van der Waals surface area contributed by atoms with E-state index in [4.69, 9.17) is 27.9 Å². The maximum absolute atomic E-state index is 5.95. The van der Waals surface area contributed by atoms with Gasteiger partial charge in [-0.2, -0.15) is 5.10 Å². The van der Waals surface area contributed by atoms with Gasteiger partial charge in [0.05, 0.1) is 17.6 Å². The van der Waals surface area contributed by atoms with E-state index >= 15 is 0 Å². The van der Waals surface area contributed by atoms with E-state index < -0.39 is 0 Å². The third-order valence-corrected chi connectivity index (χ3v) is 3.28. The number of hydrogen-bond acceptors (Lipinski definition) is 3. The molecular formula is C15H11Cl2N3O. The maximum atomic E-state index is 5.95. The minimum absolute atomic E-state index is 0.380. The summed E-state index contributed by atoms with van der Waals surface area (Å²) in [5.41, 5.74) is 2.58. The van der Waals surface area contributed by atoms with E-state index in [1.807, 2.05) is 30.3 Å². The molecule has 4 nitrogen and oxygen atoms in total. The summed E-state index contributed by atoms with van der Waals surface area (Å²) in [5, 5.41) is 7.94. The van der Waals surface area contributed by atoms with Crippen LogP contribution < -0.4 is 4.74 Å². The molecule has 106 valence electrons. The maximum Gasteiger partial charge on any atom is 0.138 e. The number of H-pyrrole nitrogens is 1. The first kappa shape index (κ1) is 13.9. The summed E-state index contributed by atoms with van der Waals surface area (Å²) in [6, 6.07) is 10.9. The Hall–Kier alpha value is -2.04. The summed E-state index contributed by atoms with van der Waals surface area (Å²) < 4.78 is 5.67. The van der Waals surface area contributed by atoms with Crippen molar-refractivity contribution in [2.45, 2.75) is 6.61 Å². The molecule has 0 spiro atoms. The monoisotopic (exact) mass is 319 g/mol. The first-order valence-electron chi connectivity index (χ1n) is 6.24. The zero-order chi connectivity index (χ0) is 14.7. The van der Waals surface area contributed by atoms with Crippen LogP contribution in [0.3, 0.4) is 0 Å². The number of nitrogens with zero attached hydrogens (tertiary/aromatic N) is 2. The second-order valence-electron chi connectivity index (χ2n) is 4.42. The highest BCUT2D eigenvalue weighted by molar-refractivity contribution is 6.34. The molecule has 0 fully saturated rings. The van der Waals surface area contributed by atoms with Crippen LogP contribution in [0.5, 0.6) is 5.75 Å². The summed E-state index contributed by atoms with van der Waals surface area (Å²) in [6.07, 6.45) is 3.35. The van der Waals surface area contributed by atoms with Crippen molar-refractivity contribution in [2.24, 2.45) is 0 Å². The van der Waals surface area contributed by atoms with Gasteiger partial charge in [-0.3, -0.25) is 10.1 Å². The molecule has 3 rings (SSSR count). The fourth-order valence-corrected chi connectivity index (χ4v) is 2.46. The molecule has 0 aliphatic carbocycles. The van der Waals surface area contributed by atoms with E-state index in [0.29, 0.717) is 22.4 Å². The molecular weight excluding hydrogens is 309 g/mol. The molecule has 0 unspecified atom stereocenters. The molecule has 2 aromatic heterocycles. The van der Waals surface area contributed by atoms with Gasteiger partial charge in [0.1, 0.15) is 12.4 Å². The number of hydrogen-bond donors (Lipinski definition) is 1. The molecule has 3 aromatic rings. The molecule has 0 bridgehead atoms. The molecule has 1 aromatic carbocycles. The lowest BCUT2D eigenvalue weighted by Gasteiger charge is -2.07. The number of benzene rings is 1. The van der Waals surface area contributed by atoms with Crippen LogP contribution in [0, 0.1) is 0 Å². The molecule has 0 atom stereocenters. The number of rotatable bonds is 4. The van der Waals surface area contributed by atoms with Crippen LogP contribution in [-0.4, -0.2) is 15.2 Å². The minimum atomic E-state index is 0.380. The Bertz CT molecular complexity index is 707. The third kappa shape index (κ3) is 3.54. The van der Waals surface area contributed by atoms with Crippen molar-refractivity contribution in [3.63, 3.8) is 0 Å². The molecule has 0 aliphatic heterocycles. The van der Waals surface area contributed by atoms with Crippen LogP contribution in [0.2, 0.25) is 10.0 Å². The average molecular weight is 320 g/mol. The zero-order valence-electron chi connectivity index (χ0n) is 10.9. The molecule has 0 radical (unpaired) electrons. The van der Waals surface area contributed by atoms with Crippen LogP contribution in [0.25, 0.3) is 11.4 Å². The van der Waals surface area contributed by atoms with Crippen molar-refractivity contribution in [1.82, 2.24) is 15.2 Å². The van der Waals surface area contributed by atoms with Crippen molar-refractivity contribution in [3.05, 3.63) is 64.4 Å². The number of nitrogens with one attached hydrogen (secondary N) is 1. The lowest BCUT2D eigenvalue weighted by molar-refractivity contribution is 0.305. The molecule has 2 heterocycles. The second kappa shape index (κ2) is 6.16. The highest BCUT2D eigenvalue weighted by atomic mass is 35.5. The van der Waals surface area contributed by atoms with Crippen molar-refractivity contribution in [2.75, 3.05) is 0 Å². The number of pyridine rings is 1. The average Bonchev–Trinajstić information content (AvgIpc) is 2.99. The topological polar surface area (TPSA) is 50.8 Å². The Labute approximate surface area is 131 Å². The lowest BCUT2D eigenvalue weighted by atomic mass is 10.2. The minimum Gasteiger partial charge on any atom is -0.487 e. The van der Waals surface area contributed by atoms with E-state index in [1.165, 1.54) is 0 Å². The van der Waals surface area contributed by atoms with Crippen LogP contribution in [0.15, 0.2) is 48.8 Å². The van der Waals surface area contributed by atoms with Crippen LogP contribution in [0.4, 0.5) is 0 Å². The number of ether oxygens (including phenoxy) is 1. The van der Waals surface area contributed by atoms with Crippen LogP contribution in [0.1, 0.15) is 5.56 Å². The Kier molecular flexibility index (Phi) is 4.08. The van der Waals surface area contributed by atoms with Gasteiger partial charge in [-0.05, 0) is 42.0 Å². The van der Waals surface area contributed by atoms with Crippen molar-refractivity contribution >= 4 is 23.2 Å². The number of aromatic nitrogens is 3. The summed E-state index contributed by atoms with van der Waals surface area (Å²) in [5.74, 6) is 0.675. The van der Waals surface area contributed by atoms with Gasteiger partial charge in [-0.25, -0.2) is 0 Å². The molecule has 0 saturated carbocycles. The quantitative estimate of drug-likeness (QED) is 0.777. The van der Waals surface area contributed by atoms with Gasteiger partial charge in [-0.15, -0.1) is 0 Å². The first-order valence-corrected chi connectivity index (χ1v) is 7.00. The highest BCUT2D eigenvalue weighted by Gasteiger charge is 2.03. The summed E-state index contributed by atoms with van der Waals surface area (Å²) in [6.45, 7) is 0.380. The predicted molar refractivity (Wildman–Crippen MR) is 82.6 cm³/mol. The van der Waals surface area contributed by atoms with Gasteiger partial charge >= 0.3 is 0 Å². The standard InChI is InChI=1S/C15H11Cl2N3O/c16-11-5-10(6-12(17)7-11)9-21-13-1-2-14(18-8-13)15-3-4-19-20-15/h1-8H,9H2,(H,19,20). The fourth-order valence-electron chi connectivity index (χ4n) is 1.88. The van der Waals surface area contributed by atoms with Crippen LogP contribution >= 0.6 is 23.2 Å². The lowest BCUT2D eigenvalue weighted by Crippen LogP contribution is -1.96. The van der Waals surface area contributed by atoms with Crippen molar-refractivity contribution < 1.29 is 4.74 Å². The largest absolute Gasteiger partial charge is 0.487 e.